The van der Waals surface area contributed by atoms with Gasteiger partial charge in [-0.2, -0.15) is 18.3 Å². The highest BCUT2D eigenvalue weighted by Gasteiger charge is 2.34. The third-order valence-corrected chi connectivity index (χ3v) is 2.27. The number of halogens is 3. The maximum atomic E-state index is 12.4. The second kappa shape index (κ2) is 5.41. The summed E-state index contributed by atoms with van der Waals surface area (Å²) < 4.78 is 38.2. The number of carbonyl (C=O) groups is 1. The van der Waals surface area contributed by atoms with Crippen LogP contribution in [0.5, 0.6) is 0 Å². The van der Waals surface area contributed by atoms with Gasteiger partial charge in [-0.15, -0.1) is 0 Å². The Hall–Kier alpha value is -1.53. The molecule has 0 aliphatic rings. The Morgan fingerprint density at radius 1 is 1.50 bits per heavy atom. The summed E-state index contributed by atoms with van der Waals surface area (Å²) in [6.07, 6.45) is -4.48. The Bertz CT molecular complexity index is 424. The lowest BCUT2D eigenvalue weighted by Crippen LogP contribution is -2.31. The smallest absolute Gasteiger partial charge is 0.354 e. The molecule has 0 aliphatic carbocycles. The van der Waals surface area contributed by atoms with Crippen LogP contribution in [-0.4, -0.2) is 22.2 Å². The molecule has 0 aromatic carbocycles. The Labute approximate surface area is 103 Å². The van der Waals surface area contributed by atoms with Crippen LogP contribution in [0.3, 0.4) is 0 Å². The number of amides is 1. The summed E-state index contributed by atoms with van der Waals surface area (Å²) in [5.41, 5.74) is -0.668. The van der Waals surface area contributed by atoms with Crippen molar-refractivity contribution in [2.75, 3.05) is 6.54 Å². The summed E-state index contributed by atoms with van der Waals surface area (Å²) in [6.45, 7) is 5.64. The van der Waals surface area contributed by atoms with Crippen LogP contribution < -0.4 is 5.32 Å². The predicted molar refractivity (Wildman–Crippen MR) is 59.8 cm³/mol. The summed E-state index contributed by atoms with van der Waals surface area (Å²) in [7, 11) is 0. The van der Waals surface area contributed by atoms with E-state index in [2.05, 4.69) is 10.4 Å². The highest BCUT2D eigenvalue weighted by Crippen LogP contribution is 2.28. The first-order valence-electron chi connectivity index (χ1n) is 5.58. The molecule has 102 valence electrons. The van der Waals surface area contributed by atoms with E-state index in [-0.39, 0.29) is 12.5 Å². The first-order chi connectivity index (χ1) is 8.20. The van der Waals surface area contributed by atoms with E-state index in [9.17, 15) is 18.0 Å². The second-order valence-corrected chi connectivity index (χ2v) is 4.52. The minimum absolute atomic E-state index is 0.200. The van der Waals surface area contributed by atoms with Crippen molar-refractivity contribution in [2.24, 2.45) is 5.92 Å². The largest absolute Gasteiger partial charge is 0.435 e. The van der Waals surface area contributed by atoms with Gasteiger partial charge in [0.1, 0.15) is 6.54 Å². The first kappa shape index (κ1) is 14.5. The molecular formula is C11H16F3N3O. The number of nitrogens with one attached hydrogen (secondary N) is 1. The lowest BCUT2D eigenvalue weighted by Gasteiger charge is -2.08. The van der Waals surface area contributed by atoms with E-state index in [0.717, 1.165) is 10.7 Å². The van der Waals surface area contributed by atoms with E-state index in [1.165, 1.54) is 6.92 Å². The fraction of sp³-hybridized carbons (Fsp3) is 0.636. The number of aryl methyl sites for hydroxylation is 1. The summed E-state index contributed by atoms with van der Waals surface area (Å²) >= 11 is 0. The third kappa shape index (κ3) is 4.05. The third-order valence-electron chi connectivity index (χ3n) is 2.27. The van der Waals surface area contributed by atoms with Gasteiger partial charge < -0.3 is 5.32 Å². The van der Waals surface area contributed by atoms with Gasteiger partial charge in [-0.05, 0) is 18.9 Å². The summed E-state index contributed by atoms with van der Waals surface area (Å²) in [5.74, 6) is -0.0537. The first-order valence-corrected chi connectivity index (χ1v) is 5.58. The lowest BCUT2D eigenvalue weighted by molar-refractivity contribution is -0.141. The summed E-state index contributed by atoms with van der Waals surface area (Å²) in [4.78, 5) is 11.5. The molecule has 0 saturated carbocycles. The minimum Gasteiger partial charge on any atom is -0.354 e. The highest BCUT2D eigenvalue weighted by molar-refractivity contribution is 5.75. The maximum Gasteiger partial charge on any atom is 0.435 e. The van der Waals surface area contributed by atoms with Crippen LogP contribution in [-0.2, 0) is 17.5 Å². The van der Waals surface area contributed by atoms with E-state index in [1.807, 2.05) is 13.8 Å². The van der Waals surface area contributed by atoms with Crippen molar-refractivity contribution in [3.05, 3.63) is 17.5 Å². The van der Waals surface area contributed by atoms with E-state index in [1.54, 1.807) is 0 Å². The van der Waals surface area contributed by atoms with Gasteiger partial charge in [0.2, 0.25) is 5.91 Å². The molecule has 0 radical (unpaired) electrons. The molecule has 1 aromatic heterocycles. The number of aromatic nitrogens is 2. The van der Waals surface area contributed by atoms with Crippen LogP contribution in [0.15, 0.2) is 6.07 Å². The molecule has 4 nitrogen and oxygen atoms in total. The van der Waals surface area contributed by atoms with Crippen molar-refractivity contribution in [3.63, 3.8) is 0 Å². The molecule has 1 rings (SSSR count). The lowest BCUT2D eigenvalue weighted by atomic mass is 10.2. The number of alkyl halides is 3. The van der Waals surface area contributed by atoms with Crippen LogP contribution in [0.1, 0.15) is 25.2 Å². The number of rotatable bonds is 4. The molecular weight excluding hydrogens is 247 g/mol. The van der Waals surface area contributed by atoms with Gasteiger partial charge in [-0.25, -0.2) is 0 Å². The topological polar surface area (TPSA) is 46.9 Å². The van der Waals surface area contributed by atoms with E-state index in [4.69, 9.17) is 0 Å². The van der Waals surface area contributed by atoms with Crippen LogP contribution >= 0.6 is 0 Å². The summed E-state index contributed by atoms with van der Waals surface area (Å²) in [5, 5.41) is 6.00. The van der Waals surface area contributed by atoms with Crippen LogP contribution in [0.2, 0.25) is 0 Å². The van der Waals surface area contributed by atoms with Crippen molar-refractivity contribution < 1.29 is 18.0 Å². The Balaban J connectivity index is 2.68. The van der Waals surface area contributed by atoms with Crippen LogP contribution in [0, 0.1) is 12.8 Å². The number of carbonyl (C=O) groups excluding carboxylic acids is 1. The quantitative estimate of drug-likeness (QED) is 0.903. The van der Waals surface area contributed by atoms with Crippen LogP contribution in [0.4, 0.5) is 13.2 Å². The Kier molecular flexibility index (Phi) is 4.37. The van der Waals surface area contributed by atoms with Gasteiger partial charge in [-0.3, -0.25) is 9.48 Å². The van der Waals surface area contributed by atoms with Gasteiger partial charge in [0.25, 0.3) is 0 Å². The maximum absolute atomic E-state index is 12.4. The minimum atomic E-state index is -4.48. The van der Waals surface area contributed by atoms with Crippen LogP contribution in [0.25, 0.3) is 0 Å². The van der Waals surface area contributed by atoms with Gasteiger partial charge in [-0.1, -0.05) is 13.8 Å². The van der Waals surface area contributed by atoms with Crippen molar-refractivity contribution in [1.29, 1.82) is 0 Å². The van der Waals surface area contributed by atoms with Gasteiger partial charge >= 0.3 is 6.18 Å². The molecule has 0 fully saturated rings. The number of nitrogens with zero attached hydrogens (tertiary/aromatic N) is 2. The van der Waals surface area contributed by atoms with Crippen molar-refractivity contribution >= 4 is 5.91 Å². The second-order valence-electron chi connectivity index (χ2n) is 4.52. The van der Waals surface area contributed by atoms with Crippen molar-refractivity contribution in [2.45, 2.75) is 33.5 Å². The SMILES string of the molecule is Cc1cc(C(F)(F)F)nn1CC(=O)NCC(C)C. The molecule has 0 spiro atoms. The number of hydrogen-bond donors (Lipinski definition) is 1. The molecule has 1 aromatic rings. The van der Waals surface area contributed by atoms with Gasteiger partial charge in [0, 0.05) is 12.2 Å². The molecule has 7 heteroatoms. The molecule has 1 N–H and O–H groups in total. The molecule has 1 amide bonds. The van der Waals surface area contributed by atoms with Gasteiger partial charge in [0.05, 0.1) is 0 Å². The zero-order valence-electron chi connectivity index (χ0n) is 10.5. The fourth-order valence-electron chi connectivity index (χ4n) is 1.32. The Morgan fingerprint density at radius 3 is 2.56 bits per heavy atom. The average Bonchev–Trinajstić information content (AvgIpc) is 2.57. The van der Waals surface area contributed by atoms with E-state index in [0.29, 0.717) is 18.2 Å². The molecule has 0 unspecified atom stereocenters. The molecule has 0 atom stereocenters. The van der Waals surface area contributed by atoms with Crippen molar-refractivity contribution in [1.82, 2.24) is 15.1 Å². The monoisotopic (exact) mass is 263 g/mol. The normalized spacial score (nSPS) is 11.9. The summed E-state index contributed by atoms with van der Waals surface area (Å²) in [6, 6.07) is 0.926. The number of hydrogen-bond acceptors (Lipinski definition) is 2. The fourth-order valence-corrected chi connectivity index (χ4v) is 1.32. The van der Waals surface area contributed by atoms with E-state index >= 15 is 0 Å². The standard InChI is InChI=1S/C11H16F3N3O/c1-7(2)5-15-10(18)6-17-8(3)4-9(16-17)11(12,13)14/h4,7H,5-6H2,1-3H3,(H,15,18). The average molecular weight is 263 g/mol. The molecule has 0 saturated heterocycles. The molecule has 1 heterocycles. The molecule has 0 aliphatic heterocycles. The zero-order valence-corrected chi connectivity index (χ0v) is 10.5. The molecule has 18 heavy (non-hydrogen) atoms. The highest BCUT2D eigenvalue weighted by atomic mass is 19.4. The molecule has 0 bridgehead atoms. The predicted octanol–water partition coefficient (Wildman–Crippen LogP) is 1.98. The van der Waals surface area contributed by atoms with E-state index < -0.39 is 11.9 Å². The van der Waals surface area contributed by atoms with Crippen molar-refractivity contribution in [3.8, 4) is 0 Å². The zero-order chi connectivity index (χ0) is 13.9. The van der Waals surface area contributed by atoms with Gasteiger partial charge in [0.15, 0.2) is 5.69 Å². The Morgan fingerprint density at radius 2 is 2.11 bits per heavy atom.